The maximum atomic E-state index is 12.7. The van der Waals surface area contributed by atoms with Gasteiger partial charge in [-0.25, -0.2) is 9.97 Å². The predicted octanol–water partition coefficient (Wildman–Crippen LogP) is 2.70. The van der Waals surface area contributed by atoms with Crippen LogP contribution in [0.2, 0.25) is 0 Å². The average Bonchev–Trinajstić information content (AvgIpc) is 2.70. The van der Waals surface area contributed by atoms with E-state index in [2.05, 4.69) is 37.7 Å². The maximum Gasteiger partial charge on any atom is 0.250 e. The Morgan fingerprint density at radius 2 is 1.85 bits per heavy atom. The molecule has 1 saturated heterocycles. The molecule has 0 aliphatic carbocycles. The van der Waals surface area contributed by atoms with E-state index >= 15 is 0 Å². The number of carbonyl (C=O) groups excluding carboxylic acids is 1. The number of nitrogens with one attached hydrogen (secondary N) is 3. The molecule has 7 nitrogen and oxygen atoms in total. The predicted molar refractivity (Wildman–Crippen MR) is 107 cm³/mol. The number of likely N-dealkylation sites (tertiary alicyclic amines) is 1. The van der Waals surface area contributed by atoms with Gasteiger partial charge in [0, 0.05) is 44.1 Å². The Bertz CT molecular complexity index is 798. The number of hydrogen-bond acceptors (Lipinski definition) is 6. The van der Waals surface area contributed by atoms with Gasteiger partial charge in [0.2, 0.25) is 11.9 Å². The van der Waals surface area contributed by atoms with Crippen molar-refractivity contribution in [3.8, 4) is 0 Å². The van der Waals surface area contributed by atoms with E-state index in [0.717, 1.165) is 62.4 Å². The molecule has 1 spiro atoms. The van der Waals surface area contributed by atoms with E-state index in [0.29, 0.717) is 5.95 Å². The highest BCUT2D eigenvalue weighted by molar-refractivity contribution is 6.06. The second-order valence-electron chi connectivity index (χ2n) is 7.32. The topological polar surface area (TPSA) is 82.2 Å². The van der Waals surface area contributed by atoms with Crippen LogP contribution in [-0.2, 0) is 11.3 Å². The number of benzene rings is 1. The lowest BCUT2D eigenvalue weighted by atomic mass is 9.84. The molecule has 142 valence electrons. The fraction of sp³-hybridized carbons (Fsp3) is 0.450. The Kier molecular flexibility index (Phi) is 4.94. The minimum atomic E-state index is -0.505. The highest BCUT2D eigenvalue weighted by Crippen LogP contribution is 2.36. The summed E-state index contributed by atoms with van der Waals surface area (Å²) in [5.74, 6) is 0.760. The highest BCUT2D eigenvalue weighted by atomic mass is 16.2. The molecular formula is C20H26N6O. The summed E-state index contributed by atoms with van der Waals surface area (Å²) in [6.07, 6.45) is 6.38. The lowest BCUT2D eigenvalue weighted by Gasteiger charge is -2.44. The molecule has 2 aliphatic heterocycles. The van der Waals surface area contributed by atoms with Gasteiger partial charge in [0.15, 0.2) is 0 Å². The Morgan fingerprint density at radius 1 is 1.15 bits per heavy atom. The molecule has 7 heteroatoms. The van der Waals surface area contributed by atoms with Crippen molar-refractivity contribution in [3.05, 3.63) is 42.2 Å². The number of para-hydroxylation sites is 2. The summed E-state index contributed by atoms with van der Waals surface area (Å²) >= 11 is 0. The summed E-state index contributed by atoms with van der Waals surface area (Å²) in [7, 11) is 0. The number of fused-ring (bicyclic) bond motifs is 1. The van der Waals surface area contributed by atoms with Gasteiger partial charge in [-0.2, -0.15) is 0 Å². The first-order valence-corrected chi connectivity index (χ1v) is 9.64. The lowest BCUT2D eigenvalue weighted by Crippen LogP contribution is -2.58. The van der Waals surface area contributed by atoms with Crippen LogP contribution in [0.25, 0.3) is 0 Å². The molecule has 0 atom stereocenters. The third-order valence-corrected chi connectivity index (χ3v) is 5.34. The first-order chi connectivity index (χ1) is 13.2. The van der Waals surface area contributed by atoms with Gasteiger partial charge in [-0.15, -0.1) is 0 Å². The van der Waals surface area contributed by atoms with Crippen molar-refractivity contribution in [2.75, 3.05) is 35.6 Å². The second-order valence-corrected chi connectivity index (χ2v) is 7.32. The SMILES string of the molecule is CCCNc1ncc(CN2CCC3(CC2)Nc2ccccc2NC3=O)cn1. The van der Waals surface area contributed by atoms with Gasteiger partial charge >= 0.3 is 0 Å². The van der Waals surface area contributed by atoms with Crippen LogP contribution in [0, 0.1) is 0 Å². The second kappa shape index (κ2) is 7.52. The van der Waals surface area contributed by atoms with E-state index in [9.17, 15) is 4.79 Å². The lowest BCUT2D eigenvalue weighted by molar-refractivity contribution is -0.122. The number of aromatic nitrogens is 2. The van der Waals surface area contributed by atoms with Gasteiger partial charge in [0.05, 0.1) is 11.4 Å². The molecule has 0 unspecified atom stereocenters. The number of piperidine rings is 1. The van der Waals surface area contributed by atoms with Gasteiger partial charge in [0.25, 0.3) is 0 Å². The first-order valence-electron chi connectivity index (χ1n) is 9.64. The van der Waals surface area contributed by atoms with Gasteiger partial charge in [0.1, 0.15) is 5.54 Å². The Balaban J connectivity index is 1.36. The van der Waals surface area contributed by atoms with Crippen LogP contribution >= 0.6 is 0 Å². The molecule has 4 rings (SSSR count). The van der Waals surface area contributed by atoms with Crippen molar-refractivity contribution < 1.29 is 4.79 Å². The monoisotopic (exact) mass is 366 g/mol. The molecule has 0 saturated carbocycles. The molecule has 0 radical (unpaired) electrons. The van der Waals surface area contributed by atoms with E-state index < -0.39 is 5.54 Å². The average molecular weight is 366 g/mol. The van der Waals surface area contributed by atoms with Crippen LogP contribution < -0.4 is 16.0 Å². The van der Waals surface area contributed by atoms with Crippen LogP contribution in [0.15, 0.2) is 36.7 Å². The quantitative estimate of drug-likeness (QED) is 0.755. The smallest absolute Gasteiger partial charge is 0.250 e. The fourth-order valence-electron chi connectivity index (χ4n) is 3.73. The third kappa shape index (κ3) is 3.73. The van der Waals surface area contributed by atoms with Crippen molar-refractivity contribution in [1.82, 2.24) is 14.9 Å². The first kappa shape index (κ1) is 17.7. The maximum absolute atomic E-state index is 12.7. The number of amides is 1. The number of nitrogens with zero attached hydrogens (tertiary/aromatic N) is 3. The largest absolute Gasteiger partial charge is 0.369 e. The highest BCUT2D eigenvalue weighted by Gasteiger charge is 2.44. The standard InChI is InChI=1S/C20H26N6O/c1-2-9-21-19-22-12-15(13-23-19)14-26-10-7-20(8-11-26)18(27)24-16-5-3-4-6-17(16)25-20/h3-6,12-13,25H,2,7-11,14H2,1H3,(H,24,27)(H,21,22,23). The zero-order chi connectivity index (χ0) is 18.7. The Labute approximate surface area is 159 Å². The van der Waals surface area contributed by atoms with Crippen molar-refractivity contribution in [3.63, 3.8) is 0 Å². The molecule has 1 aromatic carbocycles. The fourth-order valence-corrected chi connectivity index (χ4v) is 3.73. The van der Waals surface area contributed by atoms with Crippen molar-refractivity contribution in [2.45, 2.75) is 38.3 Å². The normalized spacial score (nSPS) is 18.5. The van der Waals surface area contributed by atoms with Crippen molar-refractivity contribution in [1.29, 1.82) is 0 Å². The molecule has 3 N–H and O–H groups in total. The van der Waals surface area contributed by atoms with E-state index in [-0.39, 0.29) is 5.91 Å². The molecule has 3 heterocycles. The van der Waals surface area contributed by atoms with E-state index in [1.807, 2.05) is 36.7 Å². The number of anilines is 3. The molecular weight excluding hydrogens is 340 g/mol. The number of hydrogen-bond donors (Lipinski definition) is 3. The summed E-state index contributed by atoms with van der Waals surface area (Å²) in [6.45, 7) is 5.52. The Hall–Kier alpha value is -2.67. The van der Waals surface area contributed by atoms with E-state index in [1.165, 1.54) is 0 Å². The van der Waals surface area contributed by atoms with Crippen LogP contribution in [0.5, 0.6) is 0 Å². The van der Waals surface area contributed by atoms with Gasteiger partial charge in [-0.1, -0.05) is 19.1 Å². The van der Waals surface area contributed by atoms with Crippen molar-refractivity contribution >= 4 is 23.2 Å². The summed E-state index contributed by atoms with van der Waals surface area (Å²) in [6, 6.07) is 7.88. The molecule has 1 aromatic heterocycles. The summed E-state index contributed by atoms with van der Waals surface area (Å²) in [5, 5.41) is 9.75. The number of carbonyl (C=O) groups is 1. The van der Waals surface area contributed by atoms with Gasteiger partial charge in [-0.05, 0) is 31.4 Å². The van der Waals surface area contributed by atoms with E-state index in [1.54, 1.807) is 0 Å². The zero-order valence-electron chi connectivity index (χ0n) is 15.7. The third-order valence-electron chi connectivity index (χ3n) is 5.34. The zero-order valence-corrected chi connectivity index (χ0v) is 15.7. The Morgan fingerprint density at radius 3 is 2.56 bits per heavy atom. The minimum Gasteiger partial charge on any atom is -0.369 e. The molecule has 2 aromatic rings. The number of rotatable bonds is 5. The van der Waals surface area contributed by atoms with Gasteiger partial charge in [-0.3, -0.25) is 9.69 Å². The van der Waals surface area contributed by atoms with Crippen LogP contribution in [0.4, 0.5) is 17.3 Å². The van der Waals surface area contributed by atoms with Crippen LogP contribution in [-0.4, -0.2) is 45.9 Å². The summed E-state index contributed by atoms with van der Waals surface area (Å²) in [4.78, 5) is 23.8. The summed E-state index contributed by atoms with van der Waals surface area (Å²) in [5.41, 5.74) is 2.47. The molecule has 0 bridgehead atoms. The molecule has 2 aliphatic rings. The van der Waals surface area contributed by atoms with Crippen molar-refractivity contribution in [2.24, 2.45) is 0 Å². The molecule has 1 amide bonds. The van der Waals surface area contributed by atoms with Crippen LogP contribution in [0.3, 0.4) is 0 Å². The van der Waals surface area contributed by atoms with Crippen LogP contribution in [0.1, 0.15) is 31.7 Å². The van der Waals surface area contributed by atoms with E-state index in [4.69, 9.17) is 0 Å². The van der Waals surface area contributed by atoms with Gasteiger partial charge < -0.3 is 16.0 Å². The molecule has 1 fully saturated rings. The summed E-state index contributed by atoms with van der Waals surface area (Å²) < 4.78 is 0. The molecule has 27 heavy (non-hydrogen) atoms. The minimum absolute atomic E-state index is 0.0792.